The van der Waals surface area contributed by atoms with Crippen LogP contribution in [0.25, 0.3) is 0 Å². The standard InChI is InChI=1S/C18H29N3O2/c1-14-6-7-15(11-17(14)23-2)13-21-10-4-3-5-16(21)12-20-18(22)8-9-19/h6-7,11,16H,3-5,8-10,12-13,19H2,1-2H3,(H,20,22). The third-order valence-electron chi connectivity index (χ3n) is 4.51. The summed E-state index contributed by atoms with van der Waals surface area (Å²) in [6, 6.07) is 6.79. The van der Waals surface area contributed by atoms with Crippen molar-refractivity contribution in [1.29, 1.82) is 0 Å². The molecule has 1 atom stereocenters. The van der Waals surface area contributed by atoms with Crippen LogP contribution in [-0.2, 0) is 11.3 Å². The number of hydrogen-bond donors (Lipinski definition) is 2. The Kier molecular flexibility index (Phi) is 6.86. The third-order valence-corrected chi connectivity index (χ3v) is 4.51. The first-order valence-electron chi connectivity index (χ1n) is 8.48. The van der Waals surface area contributed by atoms with Crippen LogP contribution in [0.5, 0.6) is 5.75 Å². The Morgan fingerprint density at radius 1 is 1.43 bits per heavy atom. The summed E-state index contributed by atoms with van der Waals surface area (Å²) in [5.74, 6) is 0.988. The summed E-state index contributed by atoms with van der Waals surface area (Å²) in [7, 11) is 1.71. The predicted octanol–water partition coefficient (Wildman–Crippen LogP) is 1.82. The number of nitrogens with two attached hydrogens (primary N) is 1. The molecule has 0 bridgehead atoms. The van der Waals surface area contributed by atoms with E-state index in [4.69, 9.17) is 10.5 Å². The van der Waals surface area contributed by atoms with Crippen LogP contribution in [0.1, 0.15) is 36.8 Å². The second-order valence-corrected chi connectivity index (χ2v) is 6.27. The summed E-state index contributed by atoms with van der Waals surface area (Å²) in [6.45, 7) is 5.15. The monoisotopic (exact) mass is 319 g/mol. The molecular formula is C18H29N3O2. The molecule has 1 aromatic rings. The molecule has 23 heavy (non-hydrogen) atoms. The van der Waals surface area contributed by atoms with Gasteiger partial charge in [0.2, 0.25) is 5.91 Å². The predicted molar refractivity (Wildman–Crippen MR) is 92.5 cm³/mol. The average Bonchev–Trinajstić information content (AvgIpc) is 2.56. The van der Waals surface area contributed by atoms with E-state index in [0.717, 1.165) is 30.8 Å². The fraction of sp³-hybridized carbons (Fsp3) is 0.611. The highest BCUT2D eigenvalue weighted by Crippen LogP contribution is 2.23. The van der Waals surface area contributed by atoms with E-state index in [9.17, 15) is 4.79 Å². The van der Waals surface area contributed by atoms with Gasteiger partial charge >= 0.3 is 0 Å². The number of rotatable bonds is 7. The SMILES string of the molecule is COc1cc(CN2CCCCC2CNC(=O)CCN)ccc1C. The van der Waals surface area contributed by atoms with Crippen molar-refractivity contribution in [2.24, 2.45) is 5.73 Å². The first kappa shape index (κ1) is 17.8. The number of nitrogens with zero attached hydrogens (tertiary/aromatic N) is 1. The Bertz CT molecular complexity index is 519. The van der Waals surface area contributed by atoms with Crippen molar-refractivity contribution < 1.29 is 9.53 Å². The Morgan fingerprint density at radius 2 is 2.26 bits per heavy atom. The van der Waals surface area contributed by atoms with Crippen molar-refractivity contribution in [2.75, 3.05) is 26.7 Å². The van der Waals surface area contributed by atoms with Crippen LogP contribution in [0.15, 0.2) is 18.2 Å². The maximum absolute atomic E-state index is 11.6. The molecule has 1 amide bonds. The van der Waals surface area contributed by atoms with E-state index in [2.05, 4.69) is 35.3 Å². The fourth-order valence-electron chi connectivity index (χ4n) is 3.15. The molecule has 1 fully saturated rings. The van der Waals surface area contributed by atoms with E-state index in [1.54, 1.807) is 7.11 Å². The van der Waals surface area contributed by atoms with Crippen molar-refractivity contribution in [3.8, 4) is 5.75 Å². The van der Waals surface area contributed by atoms with Crippen LogP contribution in [0, 0.1) is 6.92 Å². The number of carbonyl (C=O) groups excluding carboxylic acids is 1. The van der Waals surface area contributed by atoms with Gasteiger partial charge in [-0.2, -0.15) is 0 Å². The van der Waals surface area contributed by atoms with Gasteiger partial charge in [0, 0.05) is 32.1 Å². The molecule has 1 aromatic carbocycles. The van der Waals surface area contributed by atoms with Gasteiger partial charge in [0.05, 0.1) is 7.11 Å². The van der Waals surface area contributed by atoms with Crippen LogP contribution in [0.2, 0.25) is 0 Å². The van der Waals surface area contributed by atoms with Crippen molar-refractivity contribution in [3.05, 3.63) is 29.3 Å². The van der Waals surface area contributed by atoms with E-state index >= 15 is 0 Å². The van der Waals surface area contributed by atoms with Crippen LogP contribution in [0.3, 0.4) is 0 Å². The van der Waals surface area contributed by atoms with Crippen molar-refractivity contribution in [3.63, 3.8) is 0 Å². The molecule has 0 saturated carbocycles. The molecule has 0 spiro atoms. The normalized spacial score (nSPS) is 18.7. The lowest BCUT2D eigenvalue weighted by molar-refractivity contribution is -0.121. The zero-order valence-electron chi connectivity index (χ0n) is 14.3. The molecule has 1 heterocycles. The molecular weight excluding hydrogens is 290 g/mol. The zero-order valence-corrected chi connectivity index (χ0v) is 14.3. The van der Waals surface area contributed by atoms with Crippen molar-refractivity contribution >= 4 is 5.91 Å². The second-order valence-electron chi connectivity index (χ2n) is 6.27. The zero-order chi connectivity index (χ0) is 16.7. The molecule has 2 rings (SSSR count). The lowest BCUT2D eigenvalue weighted by atomic mass is 10.0. The van der Waals surface area contributed by atoms with Gasteiger partial charge in [0.15, 0.2) is 0 Å². The van der Waals surface area contributed by atoms with Gasteiger partial charge in [-0.05, 0) is 43.5 Å². The smallest absolute Gasteiger partial charge is 0.221 e. The number of aryl methyl sites for hydroxylation is 1. The van der Waals surface area contributed by atoms with Crippen molar-refractivity contribution in [1.82, 2.24) is 10.2 Å². The van der Waals surface area contributed by atoms with Gasteiger partial charge in [-0.3, -0.25) is 9.69 Å². The largest absolute Gasteiger partial charge is 0.496 e. The lowest BCUT2D eigenvalue weighted by Gasteiger charge is -2.36. The number of hydrogen-bond acceptors (Lipinski definition) is 4. The maximum Gasteiger partial charge on any atom is 0.221 e. The highest BCUT2D eigenvalue weighted by atomic mass is 16.5. The average molecular weight is 319 g/mol. The first-order valence-corrected chi connectivity index (χ1v) is 8.48. The van der Waals surface area contributed by atoms with E-state index in [0.29, 0.717) is 25.6 Å². The molecule has 5 heteroatoms. The highest BCUT2D eigenvalue weighted by Gasteiger charge is 2.23. The first-order chi connectivity index (χ1) is 11.1. The number of carbonyl (C=O) groups is 1. The number of amides is 1. The van der Waals surface area contributed by atoms with Crippen LogP contribution >= 0.6 is 0 Å². The highest BCUT2D eigenvalue weighted by molar-refractivity contribution is 5.76. The van der Waals surface area contributed by atoms with E-state index in [1.165, 1.54) is 18.4 Å². The third kappa shape index (κ3) is 5.22. The summed E-state index contributed by atoms with van der Waals surface area (Å²) in [6.07, 6.45) is 3.98. The molecule has 1 saturated heterocycles. The number of benzene rings is 1. The van der Waals surface area contributed by atoms with E-state index in [1.807, 2.05) is 0 Å². The molecule has 0 radical (unpaired) electrons. The van der Waals surface area contributed by atoms with Gasteiger partial charge in [0.1, 0.15) is 5.75 Å². The van der Waals surface area contributed by atoms with E-state index in [-0.39, 0.29) is 5.91 Å². The van der Waals surface area contributed by atoms with Gasteiger partial charge in [-0.1, -0.05) is 18.6 Å². The Labute approximate surface area is 139 Å². The Morgan fingerprint density at radius 3 is 3.00 bits per heavy atom. The summed E-state index contributed by atoms with van der Waals surface area (Å²) in [5.41, 5.74) is 7.83. The minimum atomic E-state index is 0.0510. The Balaban J connectivity index is 1.96. The summed E-state index contributed by atoms with van der Waals surface area (Å²) >= 11 is 0. The molecule has 5 nitrogen and oxygen atoms in total. The fourth-order valence-corrected chi connectivity index (χ4v) is 3.15. The lowest BCUT2D eigenvalue weighted by Crippen LogP contribution is -2.46. The van der Waals surface area contributed by atoms with Gasteiger partial charge in [-0.25, -0.2) is 0 Å². The molecule has 3 N–H and O–H groups in total. The van der Waals surface area contributed by atoms with Crippen LogP contribution in [0.4, 0.5) is 0 Å². The van der Waals surface area contributed by atoms with E-state index < -0.39 is 0 Å². The summed E-state index contributed by atoms with van der Waals surface area (Å²) in [5, 5.41) is 3.02. The number of piperidine rings is 1. The maximum atomic E-state index is 11.6. The van der Waals surface area contributed by atoms with Gasteiger partial charge < -0.3 is 15.8 Å². The van der Waals surface area contributed by atoms with Crippen LogP contribution in [-0.4, -0.2) is 43.6 Å². The molecule has 1 aliphatic rings. The molecule has 0 aliphatic carbocycles. The minimum absolute atomic E-state index is 0.0510. The van der Waals surface area contributed by atoms with Gasteiger partial charge in [-0.15, -0.1) is 0 Å². The molecule has 0 aromatic heterocycles. The van der Waals surface area contributed by atoms with Crippen molar-refractivity contribution in [2.45, 2.75) is 45.2 Å². The summed E-state index contributed by atoms with van der Waals surface area (Å²) in [4.78, 5) is 14.1. The van der Waals surface area contributed by atoms with Gasteiger partial charge in [0.25, 0.3) is 0 Å². The summed E-state index contributed by atoms with van der Waals surface area (Å²) < 4.78 is 5.42. The number of likely N-dealkylation sites (tertiary alicyclic amines) is 1. The topological polar surface area (TPSA) is 67.6 Å². The molecule has 1 unspecified atom stereocenters. The molecule has 128 valence electrons. The molecule has 1 aliphatic heterocycles. The Hall–Kier alpha value is -1.59. The number of nitrogens with one attached hydrogen (secondary N) is 1. The second kappa shape index (κ2) is 8.89. The quantitative estimate of drug-likeness (QED) is 0.804. The number of methoxy groups -OCH3 is 1. The van der Waals surface area contributed by atoms with Crippen LogP contribution < -0.4 is 15.8 Å². The number of ether oxygens (including phenoxy) is 1. The minimum Gasteiger partial charge on any atom is -0.496 e.